The number of aromatic nitrogens is 1. The summed E-state index contributed by atoms with van der Waals surface area (Å²) in [4.78, 5) is 11.6. The van der Waals surface area contributed by atoms with Gasteiger partial charge in [-0.15, -0.1) is 0 Å². The lowest BCUT2D eigenvalue weighted by atomic mass is 10.2. The predicted octanol–water partition coefficient (Wildman–Crippen LogP) is 3.00. The summed E-state index contributed by atoms with van der Waals surface area (Å²) in [7, 11) is 0. The summed E-state index contributed by atoms with van der Waals surface area (Å²) in [6.45, 7) is 0.502. The zero-order chi connectivity index (χ0) is 12.4. The molecule has 1 aromatic carbocycles. The summed E-state index contributed by atoms with van der Waals surface area (Å²) in [5.74, 6) is 0. The van der Waals surface area contributed by atoms with E-state index in [-0.39, 0.29) is 5.56 Å². The highest BCUT2D eigenvalue weighted by atomic mass is 79.9. The Kier molecular flexibility index (Phi) is 3.69. The monoisotopic (exact) mass is 356 g/mol. The number of nitrogens with two attached hydrogens (primary N) is 1. The molecule has 2 rings (SSSR count). The first-order valence-electron chi connectivity index (χ1n) is 4.95. The van der Waals surface area contributed by atoms with Gasteiger partial charge >= 0.3 is 0 Å². The maximum Gasteiger partial charge on any atom is 0.250 e. The van der Waals surface area contributed by atoms with Crippen molar-refractivity contribution >= 4 is 37.5 Å². The molecule has 2 aromatic rings. The van der Waals surface area contributed by atoms with Gasteiger partial charge in [0.15, 0.2) is 0 Å². The molecule has 0 saturated carbocycles. The number of nitrogen functional groups attached to an aromatic ring is 1. The fourth-order valence-corrected chi connectivity index (χ4v) is 2.53. The maximum absolute atomic E-state index is 11.6. The molecule has 17 heavy (non-hydrogen) atoms. The Hall–Kier alpha value is -1.07. The summed E-state index contributed by atoms with van der Waals surface area (Å²) in [6, 6.07) is 8.90. The molecule has 0 aliphatic heterocycles. The zero-order valence-corrected chi connectivity index (χ0v) is 12.0. The molecule has 1 heterocycles. The minimum atomic E-state index is -0.0354. The Morgan fingerprint density at radius 2 is 1.88 bits per heavy atom. The number of halogens is 2. The van der Waals surface area contributed by atoms with E-state index in [1.807, 2.05) is 18.2 Å². The van der Waals surface area contributed by atoms with Crippen molar-refractivity contribution in [2.45, 2.75) is 6.54 Å². The van der Waals surface area contributed by atoms with E-state index in [0.29, 0.717) is 12.2 Å². The highest BCUT2D eigenvalue weighted by Gasteiger charge is 2.01. The lowest BCUT2D eigenvalue weighted by Crippen LogP contribution is -2.18. The van der Waals surface area contributed by atoms with Gasteiger partial charge < -0.3 is 10.3 Å². The van der Waals surface area contributed by atoms with Crippen molar-refractivity contribution in [2.24, 2.45) is 0 Å². The van der Waals surface area contributed by atoms with E-state index in [1.54, 1.807) is 16.8 Å². The zero-order valence-electron chi connectivity index (χ0n) is 8.86. The number of rotatable bonds is 2. The van der Waals surface area contributed by atoms with Crippen molar-refractivity contribution in [1.82, 2.24) is 4.57 Å². The topological polar surface area (TPSA) is 48.0 Å². The molecule has 0 unspecified atom stereocenters. The van der Waals surface area contributed by atoms with E-state index in [1.165, 1.54) is 6.07 Å². The third-order valence-corrected chi connectivity index (χ3v) is 3.21. The molecule has 0 fully saturated rings. The number of nitrogens with zero attached hydrogens (tertiary/aromatic N) is 1. The van der Waals surface area contributed by atoms with E-state index < -0.39 is 0 Å². The fourth-order valence-electron chi connectivity index (χ4n) is 1.59. The molecular weight excluding hydrogens is 348 g/mol. The predicted molar refractivity (Wildman–Crippen MR) is 76.1 cm³/mol. The van der Waals surface area contributed by atoms with Crippen LogP contribution in [0.15, 0.2) is 50.3 Å². The molecule has 0 saturated heterocycles. The molecule has 0 atom stereocenters. The van der Waals surface area contributed by atoms with Crippen molar-refractivity contribution in [1.29, 1.82) is 0 Å². The van der Waals surface area contributed by atoms with Gasteiger partial charge in [-0.25, -0.2) is 0 Å². The van der Waals surface area contributed by atoms with Gasteiger partial charge in [0.2, 0.25) is 0 Å². The minimum Gasteiger partial charge on any atom is -0.399 e. The number of pyridine rings is 1. The van der Waals surface area contributed by atoms with Crippen molar-refractivity contribution in [3.05, 3.63) is 61.4 Å². The summed E-state index contributed by atoms with van der Waals surface area (Å²) in [5, 5.41) is 0. The Morgan fingerprint density at radius 1 is 1.12 bits per heavy atom. The van der Waals surface area contributed by atoms with Crippen LogP contribution < -0.4 is 11.3 Å². The fraction of sp³-hybridized carbons (Fsp3) is 0.0833. The molecule has 0 spiro atoms. The highest BCUT2D eigenvalue weighted by molar-refractivity contribution is 9.10. The quantitative estimate of drug-likeness (QED) is 0.840. The number of benzene rings is 1. The summed E-state index contributed by atoms with van der Waals surface area (Å²) in [6.07, 6.45) is 1.76. The number of hydrogen-bond donors (Lipinski definition) is 1. The van der Waals surface area contributed by atoms with Crippen LogP contribution in [0.25, 0.3) is 0 Å². The first kappa shape index (κ1) is 12.4. The maximum atomic E-state index is 11.6. The van der Waals surface area contributed by atoms with Gasteiger partial charge in [-0.1, -0.05) is 15.9 Å². The van der Waals surface area contributed by atoms with Crippen LogP contribution in [0.3, 0.4) is 0 Å². The van der Waals surface area contributed by atoms with Crippen LogP contribution in [0.5, 0.6) is 0 Å². The molecule has 0 amide bonds. The van der Waals surface area contributed by atoms with Crippen LogP contribution in [0.2, 0.25) is 0 Å². The van der Waals surface area contributed by atoms with Crippen LogP contribution in [0.1, 0.15) is 5.56 Å². The van der Waals surface area contributed by atoms with Crippen molar-refractivity contribution in [3.63, 3.8) is 0 Å². The second-order valence-corrected chi connectivity index (χ2v) is 5.54. The number of hydrogen-bond acceptors (Lipinski definition) is 2. The van der Waals surface area contributed by atoms with Gasteiger partial charge in [-0.05, 0) is 45.8 Å². The van der Waals surface area contributed by atoms with E-state index in [4.69, 9.17) is 5.73 Å². The molecular formula is C12H10Br2N2O. The van der Waals surface area contributed by atoms with Gasteiger partial charge in [-0.2, -0.15) is 0 Å². The Labute approximate surface area is 116 Å². The molecule has 0 bridgehead atoms. The van der Waals surface area contributed by atoms with Gasteiger partial charge in [0.25, 0.3) is 5.56 Å². The summed E-state index contributed by atoms with van der Waals surface area (Å²) < 4.78 is 3.42. The van der Waals surface area contributed by atoms with Crippen molar-refractivity contribution in [2.75, 3.05) is 5.73 Å². The lowest BCUT2D eigenvalue weighted by Gasteiger charge is -2.07. The third-order valence-electron chi connectivity index (χ3n) is 2.28. The van der Waals surface area contributed by atoms with E-state index in [9.17, 15) is 4.79 Å². The second-order valence-electron chi connectivity index (χ2n) is 3.71. The summed E-state index contributed by atoms with van der Waals surface area (Å²) >= 11 is 6.73. The molecule has 0 aliphatic rings. The van der Waals surface area contributed by atoms with E-state index in [0.717, 1.165) is 14.5 Å². The smallest absolute Gasteiger partial charge is 0.250 e. The largest absolute Gasteiger partial charge is 0.399 e. The lowest BCUT2D eigenvalue weighted by molar-refractivity contribution is 0.756. The highest BCUT2D eigenvalue weighted by Crippen LogP contribution is 2.18. The van der Waals surface area contributed by atoms with Crippen LogP contribution in [0, 0.1) is 0 Å². The average molecular weight is 358 g/mol. The molecule has 0 aliphatic carbocycles. The van der Waals surface area contributed by atoms with Crippen molar-refractivity contribution < 1.29 is 0 Å². The Bertz CT molecular complexity index is 587. The molecule has 0 radical (unpaired) electrons. The molecule has 88 valence electrons. The van der Waals surface area contributed by atoms with Gasteiger partial charge in [0, 0.05) is 26.9 Å². The number of anilines is 1. The standard InChI is InChI=1S/C12H10Br2N2O/c13-9-1-2-12(17)16(7-9)6-8-3-10(14)5-11(15)4-8/h1-5,7H,6,15H2. The normalized spacial score (nSPS) is 10.5. The van der Waals surface area contributed by atoms with Crippen LogP contribution >= 0.6 is 31.9 Å². The van der Waals surface area contributed by atoms with Crippen LogP contribution in [-0.2, 0) is 6.54 Å². The van der Waals surface area contributed by atoms with Crippen LogP contribution in [0.4, 0.5) is 5.69 Å². The first-order chi connectivity index (χ1) is 8.04. The molecule has 5 heteroatoms. The molecule has 2 N–H and O–H groups in total. The third kappa shape index (κ3) is 3.20. The summed E-state index contributed by atoms with van der Waals surface area (Å²) in [5.41, 5.74) is 7.38. The van der Waals surface area contributed by atoms with E-state index in [2.05, 4.69) is 31.9 Å². The van der Waals surface area contributed by atoms with Crippen molar-refractivity contribution in [3.8, 4) is 0 Å². The molecule has 3 nitrogen and oxygen atoms in total. The molecule has 1 aromatic heterocycles. The SMILES string of the molecule is Nc1cc(Br)cc(Cn2cc(Br)ccc2=O)c1. The minimum absolute atomic E-state index is 0.0354. The first-order valence-corrected chi connectivity index (χ1v) is 6.54. The van der Waals surface area contributed by atoms with Gasteiger partial charge in [0.1, 0.15) is 0 Å². The Morgan fingerprint density at radius 3 is 2.59 bits per heavy atom. The Balaban J connectivity index is 2.37. The van der Waals surface area contributed by atoms with Gasteiger partial charge in [-0.3, -0.25) is 4.79 Å². The van der Waals surface area contributed by atoms with Crippen LogP contribution in [-0.4, -0.2) is 4.57 Å². The van der Waals surface area contributed by atoms with Gasteiger partial charge in [0.05, 0.1) is 6.54 Å². The average Bonchev–Trinajstić information content (AvgIpc) is 2.22. The second kappa shape index (κ2) is 5.06. The van der Waals surface area contributed by atoms with E-state index >= 15 is 0 Å².